The molecular weight excluding hydrogens is 196 g/mol. The Hall–Kier alpha value is -0.300. The lowest BCUT2D eigenvalue weighted by atomic mass is 9.51. The summed E-state index contributed by atoms with van der Waals surface area (Å²) in [6.07, 6.45) is 4.96. The van der Waals surface area contributed by atoms with E-state index in [-0.39, 0.29) is 6.10 Å². The van der Waals surface area contributed by atoms with Crippen LogP contribution in [0.2, 0.25) is 0 Å². The first-order valence-electron chi connectivity index (χ1n) is 6.73. The first-order chi connectivity index (χ1) is 7.35. The van der Waals surface area contributed by atoms with Gasteiger partial charge in [-0.25, -0.2) is 0 Å². The van der Waals surface area contributed by atoms with Gasteiger partial charge in [-0.15, -0.1) is 0 Å². The summed E-state index contributed by atoms with van der Waals surface area (Å²) >= 11 is 0. The molecule has 0 aromatic rings. The molecule has 3 aliphatic rings. The number of aliphatic hydroxyl groups excluding tert-OH is 1. The van der Waals surface area contributed by atoms with E-state index in [4.69, 9.17) is 0 Å². The van der Waals surface area contributed by atoms with Crippen LogP contribution >= 0.6 is 0 Å². The molecule has 1 heteroatoms. The van der Waals surface area contributed by atoms with Crippen LogP contribution in [-0.4, -0.2) is 11.2 Å². The highest BCUT2D eigenvalue weighted by molar-refractivity contribution is 5.36. The Balaban J connectivity index is 2.03. The van der Waals surface area contributed by atoms with E-state index in [0.717, 1.165) is 5.92 Å². The molecule has 0 aromatic heterocycles. The van der Waals surface area contributed by atoms with Gasteiger partial charge in [-0.05, 0) is 60.8 Å². The van der Waals surface area contributed by atoms with E-state index in [1.807, 2.05) is 0 Å². The lowest BCUT2D eigenvalue weighted by Gasteiger charge is -2.54. The molecule has 3 aliphatic carbocycles. The Morgan fingerprint density at radius 3 is 2.44 bits per heavy atom. The largest absolute Gasteiger partial charge is 0.388 e. The summed E-state index contributed by atoms with van der Waals surface area (Å²) in [5.74, 6) is 1.27. The first kappa shape index (κ1) is 10.8. The van der Waals surface area contributed by atoms with Gasteiger partial charge >= 0.3 is 0 Å². The summed E-state index contributed by atoms with van der Waals surface area (Å²) in [7, 11) is 0. The molecule has 1 nitrogen and oxygen atoms in total. The van der Waals surface area contributed by atoms with Crippen LogP contribution in [0.15, 0.2) is 11.1 Å². The van der Waals surface area contributed by atoms with E-state index in [1.54, 1.807) is 5.57 Å². The van der Waals surface area contributed by atoms with E-state index in [1.165, 1.54) is 31.3 Å². The molecule has 90 valence electrons. The van der Waals surface area contributed by atoms with Gasteiger partial charge < -0.3 is 5.11 Å². The molecule has 0 saturated heterocycles. The van der Waals surface area contributed by atoms with Crippen LogP contribution in [0.3, 0.4) is 0 Å². The van der Waals surface area contributed by atoms with E-state index in [9.17, 15) is 5.11 Å². The third-order valence-electron chi connectivity index (χ3n) is 5.80. The van der Waals surface area contributed by atoms with Crippen LogP contribution in [-0.2, 0) is 0 Å². The van der Waals surface area contributed by atoms with E-state index in [0.29, 0.717) is 16.7 Å². The molecule has 0 amide bonds. The lowest BCUT2D eigenvalue weighted by Crippen LogP contribution is -2.48. The van der Waals surface area contributed by atoms with Gasteiger partial charge in [-0.2, -0.15) is 0 Å². The molecule has 0 radical (unpaired) electrons. The van der Waals surface area contributed by atoms with Gasteiger partial charge in [0.1, 0.15) is 0 Å². The van der Waals surface area contributed by atoms with Gasteiger partial charge in [0.25, 0.3) is 0 Å². The highest BCUT2D eigenvalue weighted by Gasteiger charge is 2.58. The Kier molecular flexibility index (Phi) is 1.98. The quantitative estimate of drug-likeness (QED) is 0.619. The Morgan fingerprint density at radius 1 is 1.19 bits per heavy atom. The Bertz CT molecular complexity index is 366. The molecule has 0 spiro atoms. The van der Waals surface area contributed by atoms with Gasteiger partial charge in [-0.1, -0.05) is 26.3 Å². The van der Waals surface area contributed by atoms with Crippen molar-refractivity contribution in [1.29, 1.82) is 0 Å². The molecule has 4 atom stereocenters. The van der Waals surface area contributed by atoms with Crippen molar-refractivity contribution < 1.29 is 5.11 Å². The van der Waals surface area contributed by atoms with Gasteiger partial charge in [-0.3, -0.25) is 0 Å². The summed E-state index contributed by atoms with van der Waals surface area (Å²) in [6.45, 7) is 9.35. The molecule has 0 aromatic carbocycles. The molecule has 2 saturated carbocycles. The van der Waals surface area contributed by atoms with Crippen LogP contribution in [0.4, 0.5) is 0 Å². The average Bonchev–Trinajstić information content (AvgIpc) is 2.49. The second-order valence-electron chi connectivity index (χ2n) is 7.37. The molecule has 3 rings (SSSR count). The van der Waals surface area contributed by atoms with Gasteiger partial charge in [0, 0.05) is 0 Å². The molecule has 0 heterocycles. The van der Waals surface area contributed by atoms with Gasteiger partial charge in [0.15, 0.2) is 0 Å². The molecular formula is C15H24O. The minimum absolute atomic E-state index is 0.143. The monoisotopic (exact) mass is 220 g/mol. The number of aliphatic hydroxyl groups is 1. The third-order valence-corrected chi connectivity index (χ3v) is 5.80. The summed E-state index contributed by atoms with van der Waals surface area (Å²) < 4.78 is 0. The zero-order chi connectivity index (χ0) is 11.7. The topological polar surface area (TPSA) is 20.2 Å². The maximum absolute atomic E-state index is 10.5. The number of allylic oxidation sites excluding steroid dienone is 1. The summed E-state index contributed by atoms with van der Waals surface area (Å²) in [5.41, 5.74) is 3.79. The van der Waals surface area contributed by atoms with Crippen molar-refractivity contribution in [2.24, 2.45) is 22.7 Å². The minimum atomic E-state index is -0.143. The smallest absolute Gasteiger partial charge is 0.0781 e. The number of fused-ring (bicyclic) bond motifs is 3. The molecule has 0 bridgehead atoms. The maximum Gasteiger partial charge on any atom is 0.0781 e. The van der Waals surface area contributed by atoms with Crippen LogP contribution < -0.4 is 0 Å². The van der Waals surface area contributed by atoms with Crippen molar-refractivity contribution in [1.82, 2.24) is 0 Å². The highest BCUT2D eigenvalue weighted by Crippen LogP contribution is 2.66. The first-order valence-corrected chi connectivity index (χ1v) is 6.73. The maximum atomic E-state index is 10.5. The Morgan fingerprint density at radius 2 is 1.88 bits per heavy atom. The zero-order valence-corrected chi connectivity index (χ0v) is 11.0. The van der Waals surface area contributed by atoms with Gasteiger partial charge in [0.05, 0.1) is 6.10 Å². The Labute approximate surface area is 98.9 Å². The van der Waals surface area contributed by atoms with Crippen LogP contribution in [0, 0.1) is 22.7 Å². The second-order valence-corrected chi connectivity index (χ2v) is 7.37. The van der Waals surface area contributed by atoms with Crippen molar-refractivity contribution in [2.75, 3.05) is 0 Å². The second kappa shape index (κ2) is 2.93. The van der Waals surface area contributed by atoms with Crippen molar-refractivity contribution in [3.8, 4) is 0 Å². The van der Waals surface area contributed by atoms with Crippen LogP contribution in [0.25, 0.3) is 0 Å². The lowest BCUT2D eigenvalue weighted by molar-refractivity contribution is 0.0180. The average molecular weight is 220 g/mol. The van der Waals surface area contributed by atoms with E-state index in [2.05, 4.69) is 27.7 Å². The molecule has 16 heavy (non-hydrogen) atoms. The number of rotatable bonds is 0. The summed E-state index contributed by atoms with van der Waals surface area (Å²) in [6, 6.07) is 0. The van der Waals surface area contributed by atoms with E-state index < -0.39 is 0 Å². The fraction of sp³-hybridized carbons (Fsp3) is 0.867. The third kappa shape index (κ3) is 1.16. The summed E-state index contributed by atoms with van der Waals surface area (Å²) in [4.78, 5) is 0. The van der Waals surface area contributed by atoms with Gasteiger partial charge in [0.2, 0.25) is 0 Å². The predicted molar refractivity (Wildman–Crippen MR) is 66.0 cm³/mol. The van der Waals surface area contributed by atoms with Crippen molar-refractivity contribution in [3.63, 3.8) is 0 Å². The molecule has 0 aliphatic heterocycles. The minimum Gasteiger partial charge on any atom is -0.388 e. The molecule has 2 fully saturated rings. The normalized spacial score (nSPS) is 49.7. The van der Waals surface area contributed by atoms with Crippen LogP contribution in [0.5, 0.6) is 0 Å². The number of hydrogen-bond acceptors (Lipinski definition) is 1. The van der Waals surface area contributed by atoms with E-state index >= 15 is 0 Å². The van der Waals surface area contributed by atoms with Crippen molar-refractivity contribution >= 4 is 0 Å². The van der Waals surface area contributed by atoms with Crippen molar-refractivity contribution in [3.05, 3.63) is 11.1 Å². The predicted octanol–water partition coefficient (Wildman–Crippen LogP) is 3.53. The van der Waals surface area contributed by atoms with Crippen LogP contribution in [0.1, 0.15) is 53.4 Å². The fourth-order valence-corrected chi connectivity index (χ4v) is 4.84. The number of hydrogen-bond donors (Lipinski definition) is 1. The fourth-order valence-electron chi connectivity index (χ4n) is 4.84. The molecule has 0 unspecified atom stereocenters. The molecule has 1 N–H and O–H groups in total. The highest BCUT2D eigenvalue weighted by atomic mass is 16.3. The summed E-state index contributed by atoms with van der Waals surface area (Å²) in [5, 5.41) is 10.5. The SMILES string of the molecule is CC1=C2CC[C@]2(C)[C@H]2CC(C)(C)C[C@H]2[C@H]1O. The standard InChI is InChI=1S/C15H24O/c1-9-11-5-6-15(11,4)12-8-14(2,3)7-10(12)13(9)16/h10,12-13,16H,5-8H2,1-4H3/t10-,12+,13+,15+/m1/s1. The zero-order valence-electron chi connectivity index (χ0n) is 11.0. The van der Waals surface area contributed by atoms with Crippen molar-refractivity contribution in [2.45, 2.75) is 59.5 Å².